The lowest BCUT2D eigenvalue weighted by molar-refractivity contribution is -0.151. The number of ether oxygens (including phenoxy) is 2. The summed E-state index contributed by atoms with van der Waals surface area (Å²) in [5.41, 5.74) is -0.995. The number of pyridine rings is 1. The maximum atomic E-state index is 15.0. The molecule has 0 fully saturated rings. The fourth-order valence-corrected chi connectivity index (χ4v) is 3.99. The molecule has 0 aliphatic heterocycles. The average Bonchev–Trinajstić information content (AvgIpc) is 2.91. The van der Waals surface area contributed by atoms with Gasteiger partial charge in [-0.2, -0.15) is 0 Å². The number of hydrogen-bond acceptors (Lipinski definition) is 5. The van der Waals surface area contributed by atoms with Crippen LogP contribution in [-0.2, 0) is 14.3 Å². The highest BCUT2D eigenvalue weighted by atomic mass is 19.2. The summed E-state index contributed by atoms with van der Waals surface area (Å²) in [5, 5.41) is -0.621. The Hall–Kier alpha value is -4.40. The third-order valence-corrected chi connectivity index (χ3v) is 5.84. The number of hydrogen-bond donors (Lipinski definition) is 0. The lowest BCUT2D eigenvalue weighted by Crippen LogP contribution is -2.27. The van der Waals surface area contributed by atoms with E-state index in [0.717, 1.165) is 10.8 Å². The number of nitrogens with zero attached hydrogens (tertiary/aromatic N) is 1. The lowest BCUT2D eigenvalue weighted by Gasteiger charge is -2.24. The maximum absolute atomic E-state index is 15.0. The summed E-state index contributed by atoms with van der Waals surface area (Å²) in [6, 6.07) is 16.9. The van der Waals surface area contributed by atoms with Crippen molar-refractivity contribution in [2.75, 3.05) is 6.61 Å². The van der Waals surface area contributed by atoms with E-state index in [-0.39, 0.29) is 6.61 Å². The van der Waals surface area contributed by atoms with Crippen LogP contribution in [0.4, 0.5) is 13.2 Å². The van der Waals surface area contributed by atoms with Crippen molar-refractivity contribution in [3.63, 3.8) is 0 Å². The summed E-state index contributed by atoms with van der Waals surface area (Å²) < 4.78 is 54.8. The largest absolute Gasteiger partial charge is 0.462 e. The molecule has 4 rings (SSSR count). The zero-order valence-corrected chi connectivity index (χ0v) is 19.9. The lowest BCUT2D eigenvalue weighted by atomic mass is 10.0. The molecule has 0 aliphatic rings. The van der Waals surface area contributed by atoms with E-state index < -0.39 is 63.4 Å². The summed E-state index contributed by atoms with van der Waals surface area (Å²) in [6.45, 7) is 2.77. The average molecular weight is 509 g/mol. The summed E-state index contributed by atoms with van der Waals surface area (Å²) in [7, 11) is 0. The Labute approximate surface area is 209 Å². The molecule has 0 bridgehead atoms. The second-order valence-corrected chi connectivity index (χ2v) is 8.20. The summed E-state index contributed by atoms with van der Waals surface area (Å²) in [5.74, 6) is -7.04. The molecule has 0 radical (unpaired) electrons. The molecule has 4 aromatic rings. The third-order valence-electron chi connectivity index (χ3n) is 5.84. The molecule has 0 aliphatic carbocycles. The molecule has 0 saturated carbocycles. The van der Waals surface area contributed by atoms with Gasteiger partial charge in [0.05, 0.1) is 17.5 Å². The monoisotopic (exact) mass is 509 g/mol. The predicted molar refractivity (Wildman–Crippen MR) is 130 cm³/mol. The number of benzene rings is 3. The van der Waals surface area contributed by atoms with Crippen LogP contribution >= 0.6 is 0 Å². The molecular formula is C28H22F3NO5. The van der Waals surface area contributed by atoms with Crippen molar-refractivity contribution in [2.45, 2.75) is 26.0 Å². The highest BCUT2D eigenvalue weighted by Crippen LogP contribution is 2.30. The van der Waals surface area contributed by atoms with Crippen molar-refractivity contribution >= 4 is 22.8 Å². The SMILES string of the molecule is CCOC(=O)c1cn(C(C)C(=O)OC(c2ccccc2)c2ccccc2)c2c(F)c(F)c(F)cc2c1=O. The number of carbonyl (C=O) groups is 2. The maximum Gasteiger partial charge on any atom is 0.343 e. The minimum Gasteiger partial charge on any atom is -0.462 e. The van der Waals surface area contributed by atoms with Crippen LogP contribution in [0.1, 0.15) is 47.5 Å². The predicted octanol–water partition coefficient (Wildman–Crippen LogP) is 5.49. The van der Waals surface area contributed by atoms with Crippen LogP contribution in [0.3, 0.4) is 0 Å². The Balaban J connectivity index is 1.84. The molecule has 0 saturated heterocycles. The van der Waals surface area contributed by atoms with Crippen LogP contribution in [0.15, 0.2) is 77.7 Å². The Morgan fingerprint density at radius 1 is 0.919 bits per heavy atom. The summed E-state index contributed by atoms with van der Waals surface area (Å²) in [4.78, 5) is 38.7. The normalized spacial score (nSPS) is 11.9. The van der Waals surface area contributed by atoms with Gasteiger partial charge in [-0.25, -0.2) is 22.8 Å². The van der Waals surface area contributed by atoms with Crippen LogP contribution in [0, 0.1) is 17.5 Å². The number of rotatable bonds is 7. The first kappa shape index (κ1) is 25.7. The van der Waals surface area contributed by atoms with E-state index in [1.54, 1.807) is 60.7 Å². The Kier molecular flexibility index (Phi) is 7.42. The standard InChI is InChI=1S/C28H22F3NO5/c1-3-36-28(35)20-15-32(24-19(25(20)33)14-21(29)22(30)23(24)31)16(2)27(34)37-26(17-10-6-4-7-11-17)18-12-8-5-9-13-18/h4-16,26H,3H2,1-2H3. The zero-order chi connectivity index (χ0) is 26.7. The van der Waals surface area contributed by atoms with Gasteiger partial charge in [-0.05, 0) is 31.0 Å². The minimum atomic E-state index is -1.82. The minimum absolute atomic E-state index is 0.0735. The van der Waals surface area contributed by atoms with E-state index in [9.17, 15) is 27.6 Å². The van der Waals surface area contributed by atoms with Crippen molar-refractivity contribution in [3.8, 4) is 0 Å². The highest BCUT2D eigenvalue weighted by molar-refractivity contribution is 5.94. The second kappa shape index (κ2) is 10.7. The van der Waals surface area contributed by atoms with Crippen molar-refractivity contribution in [2.24, 2.45) is 0 Å². The van der Waals surface area contributed by atoms with E-state index in [4.69, 9.17) is 9.47 Å². The van der Waals surface area contributed by atoms with E-state index in [1.807, 2.05) is 0 Å². The topological polar surface area (TPSA) is 74.6 Å². The second-order valence-electron chi connectivity index (χ2n) is 8.20. The highest BCUT2D eigenvalue weighted by Gasteiger charge is 2.29. The third kappa shape index (κ3) is 4.97. The number of fused-ring (bicyclic) bond motifs is 1. The molecule has 0 amide bonds. The first-order valence-electron chi connectivity index (χ1n) is 11.4. The van der Waals surface area contributed by atoms with Gasteiger partial charge >= 0.3 is 11.9 Å². The number of esters is 2. The van der Waals surface area contributed by atoms with Gasteiger partial charge in [-0.15, -0.1) is 0 Å². The quantitative estimate of drug-likeness (QED) is 0.243. The molecule has 6 nitrogen and oxygen atoms in total. The number of halogens is 3. The van der Waals surface area contributed by atoms with Crippen molar-refractivity contribution in [1.29, 1.82) is 0 Å². The fourth-order valence-electron chi connectivity index (χ4n) is 3.99. The molecule has 1 unspecified atom stereocenters. The van der Waals surface area contributed by atoms with Gasteiger partial charge in [-0.3, -0.25) is 4.79 Å². The molecule has 37 heavy (non-hydrogen) atoms. The summed E-state index contributed by atoms with van der Waals surface area (Å²) in [6.07, 6.45) is 0.0567. The molecule has 3 aromatic carbocycles. The summed E-state index contributed by atoms with van der Waals surface area (Å²) >= 11 is 0. The van der Waals surface area contributed by atoms with Gasteiger partial charge in [-0.1, -0.05) is 60.7 Å². The van der Waals surface area contributed by atoms with Crippen molar-refractivity contribution < 1.29 is 32.2 Å². The smallest absolute Gasteiger partial charge is 0.343 e. The molecule has 1 heterocycles. The van der Waals surface area contributed by atoms with Crippen LogP contribution in [0.5, 0.6) is 0 Å². The molecule has 0 N–H and O–H groups in total. The zero-order valence-electron chi connectivity index (χ0n) is 19.9. The van der Waals surface area contributed by atoms with Gasteiger partial charge in [0.1, 0.15) is 11.6 Å². The molecule has 9 heteroatoms. The first-order chi connectivity index (χ1) is 17.7. The first-order valence-corrected chi connectivity index (χ1v) is 11.4. The molecule has 1 aromatic heterocycles. The van der Waals surface area contributed by atoms with E-state index >= 15 is 0 Å². The van der Waals surface area contributed by atoms with Crippen LogP contribution < -0.4 is 5.43 Å². The van der Waals surface area contributed by atoms with Crippen LogP contribution in [-0.4, -0.2) is 23.1 Å². The van der Waals surface area contributed by atoms with Crippen molar-refractivity contribution in [3.05, 3.63) is 117 Å². The molecule has 1 atom stereocenters. The molecule has 190 valence electrons. The fraction of sp³-hybridized carbons (Fsp3) is 0.179. The van der Waals surface area contributed by atoms with Gasteiger partial charge in [0.15, 0.2) is 23.6 Å². The van der Waals surface area contributed by atoms with Crippen LogP contribution in [0.2, 0.25) is 0 Å². The van der Waals surface area contributed by atoms with Crippen LogP contribution in [0.25, 0.3) is 10.9 Å². The Morgan fingerprint density at radius 3 is 2.03 bits per heavy atom. The number of carbonyl (C=O) groups excluding carboxylic acids is 2. The van der Waals surface area contributed by atoms with Gasteiger partial charge in [0, 0.05) is 6.20 Å². The Morgan fingerprint density at radius 2 is 1.49 bits per heavy atom. The van der Waals surface area contributed by atoms with Gasteiger partial charge in [0.25, 0.3) is 0 Å². The molecule has 0 spiro atoms. The van der Waals surface area contributed by atoms with E-state index in [0.29, 0.717) is 17.2 Å². The van der Waals surface area contributed by atoms with E-state index in [2.05, 4.69) is 0 Å². The van der Waals surface area contributed by atoms with E-state index in [1.165, 1.54) is 13.8 Å². The Bertz CT molecular complexity index is 1480. The van der Waals surface area contributed by atoms with Gasteiger partial charge < -0.3 is 14.0 Å². The number of aromatic nitrogens is 1. The molecular weight excluding hydrogens is 487 g/mol. The van der Waals surface area contributed by atoms with Gasteiger partial charge in [0.2, 0.25) is 5.43 Å². The van der Waals surface area contributed by atoms with Crippen molar-refractivity contribution in [1.82, 2.24) is 4.57 Å².